The lowest BCUT2D eigenvalue weighted by molar-refractivity contribution is 0.199. The van der Waals surface area contributed by atoms with Gasteiger partial charge in [0.2, 0.25) is 10.0 Å². The van der Waals surface area contributed by atoms with Crippen LogP contribution in [-0.4, -0.2) is 39.5 Å². The maximum Gasteiger partial charge on any atom is 0.217 e. The first-order valence-electron chi connectivity index (χ1n) is 5.67. The first kappa shape index (κ1) is 13.9. The Morgan fingerprint density at radius 3 is 2.44 bits per heavy atom. The van der Waals surface area contributed by atoms with Gasteiger partial charge < -0.3 is 10.5 Å². The fourth-order valence-electron chi connectivity index (χ4n) is 2.13. The molecule has 1 rings (SSSR count). The quantitative estimate of drug-likeness (QED) is 0.706. The Kier molecular flexibility index (Phi) is 4.73. The van der Waals surface area contributed by atoms with Crippen LogP contribution in [-0.2, 0) is 14.8 Å². The Bertz CT molecular complexity index is 310. The van der Waals surface area contributed by atoms with E-state index in [1.807, 2.05) is 0 Å². The van der Waals surface area contributed by atoms with Crippen LogP contribution in [0.25, 0.3) is 0 Å². The van der Waals surface area contributed by atoms with Crippen LogP contribution < -0.4 is 10.5 Å². The molecule has 1 aliphatic rings. The number of nitrogens with two attached hydrogens (primary N) is 1. The third-order valence-electron chi connectivity index (χ3n) is 3.24. The molecule has 0 heterocycles. The first-order valence-corrected chi connectivity index (χ1v) is 7.22. The van der Waals surface area contributed by atoms with Crippen LogP contribution in [0.15, 0.2) is 0 Å². The molecule has 0 radical (unpaired) electrons. The van der Waals surface area contributed by atoms with Crippen molar-refractivity contribution in [3.8, 4) is 0 Å². The van der Waals surface area contributed by atoms with Crippen molar-refractivity contribution < 1.29 is 13.2 Å². The van der Waals surface area contributed by atoms with E-state index in [9.17, 15) is 8.42 Å². The number of ether oxygens (including phenoxy) is 1. The number of rotatable bonds is 6. The Morgan fingerprint density at radius 1 is 1.44 bits per heavy atom. The molecule has 1 aliphatic carbocycles. The van der Waals surface area contributed by atoms with E-state index in [-0.39, 0.29) is 6.61 Å². The molecule has 0 aliphatic heterocycles. The fraction of sp³-hybridized carbons (Fsp3) is 1.00. The van der Waals surface area contributed by atoms with Crippen LogP contribution >= 0.6 is 0 Å². The Morgan fingerprint density at radius 2 is 2.00 bits per heavy atom. The lowest BCUT2D eigenvalue weighted by Crippen LogP contribution is -2.54. The summed E-state index contributed by atoms with van der Waals surface area (Å²) in [4.78, 5) is 0. The van der Waals surface area contributed by atoms with E-state index in [0.717, 1.165) is 25.7 Å². The molecular formula is C10H22N2O3S. The number of hydrogen-bond acceptors (Lipinski definition) is 4. The van der Waals surface area contributed by atoms with Gasteiger partial charge in [0.15, 0.2) is 0 Å². The molecule has 3 N–H and O–H groups in total. The van der Waals surface area contributed by atoms with Crippen LogP contribution in [0.5, 0.6) is 0 Å². The smallest absolute Gasteiger partial charge is 0.217 e. The molecular weight excluding hydrogens is 228 g/mol. The lowest BCUT2D eigenvalue weighted by Gasteiger charge is -2.29. The third kappa shape index (κ3) is 3.16. The van der Waals surface area contributed by atoms with E-state index in [4.69, 9.17) is 10.5 Å². The van der Waals surface area contributed by atoms with E-state index >= 15 is 0 Å². The van der Waals surface area contributed by atoms with Crippen LogP contribution in [0.4, 0.5) is 0 Å². The number of methoxy groups -OCH3 is 1. The Hall–Kier alpha value is -0.170. The molecule has 1 unspecified atom stereocenters. The van der Waals surface area contributed by atoms with Crippen LogP contribution in [0.1, 0.15) is 32.6 Å². The second-order valence-electron chi connectivity index (χ2n) is 4.60. The van der Waals surface area contributed by atoms with Crippen molar-refractivity contribution in [2.45, 2.75) is 43.4 Å². The number of nitrogens with one attached hydrogen (secondary N) is 1. The van der Waals surface area contributed by atoms with Gasteiger partial charge in [0.1, 0.15) is 0 Å². The van der Waals surface area contributed by atoms with Crippen molar-refractivity contribution in [3.63, 3.8) is 0 Å². The van der Waals surface area contributed by atoms with E-state index in [1.165, 1.54) is 7.11 Å². The summed E-state index contributed by atoms with van der Waals surface area (Å²) in [7, 11) is -1.83. The monoisotopic (exact) mass is 250 g/mol. The van der Waals surface area contributed by atoms with E-state index in [1.54, 1.807) is 6.92 Å². The molecule has 0 amide bonds. The highest BCUT2D eigenvalue weighted by Crippen LogP contribution is 2.29. The summed E-state index contributed by atoms with van der Waals surface area (Å²) >= 11 is 0. The van der Waals surface area contributed by atoms with E-state index in [0.29, 0.717) is 6.54 Å². The van der Waals surface area contributed by atoms with Gasteiger partial charge in [-0.2, -0.15) is 0 Å². The van der Waals surface area contributed by atoms with Crippen molar-refractivity contribution in [2.75, 3.05) is 20.3 Å². The van der Waals surface area contributed by atoms with Crippen molar-refractivity contribution in [1.29, 1.82) is 0 Å². The van der Waals surface area contributed by atoms with Crippen molar-refractivity contribution in [3.05, 3.63) is 0 Å². The standard InChI is InChI=1S/C10H22N2O3S/c1-9(7-15-2)16(13,14)12-10(8-11)5-3-4-6-10/h9,12H,3-8,11H2,1-2H3. The normalized spacial score (nSPS) is 22.2. The molecule has 1 atom stereocenters. The second kappa shape index (κ2) is 5.44. The minimum atomic E-state index is -3.33. The molecule has 5 nitrogen and oxygen atoms in total. The zero-order chi connectivity index (χ0) is 12.2. The maximum absolute atomic E-state index is 12.0. The topological polar surface area (TPSA) is 81.4 Å². The predicted molar refractivity (Wildman–Crippen MR) is 63.6 cm³/mol. The summed E-state index contributed by atoms with van der Waals surface area (Å²) in [6, 6.07) is 0. The van der Waals surface area contributed by atoms with Gasteiger partial charge in [-0.15, -0.1) is 0 Å². The fourth-order valence-corrected chi connectivity index (χ4v) is 3.53. The summed E-state index contributed by atoms with van der Waals surface area (Å²) in [5.74, 6) is 0. The second-order valence-corrected chi connectivity index (χ2v) is 6.70. The van der Waals surface area contributed by atoms with Crippen LogP contribution in [0, 0.1) is 0 Å². The minimum Gasteiger partial charge on any atom is -0.383 e. The molecule has 1 fully saturated rings. The molecule has 0 bridgehead atoms. The highest BCUT2D eigenvalue weighted by molar-refractivity contribution is 7.90. The molecule has 0 spiro atoms. The largest absolute Gasteiger partial charge is 0.383 e. The first-order chi connectivity index (χ1) is 7.46. The number of hydrogen-bond donors (Lipinski definition) is 2. The Labute approximate surface area is 97.8 Å². The van der Waals surface area contributed by atoms with Gasteiger partial charge in [0, 0.05) is 19.2 Å². The maximum atomic E-state index is 12.0. The van der Waals surface area contributed by atoms with Crippen molar-refractivity contribution >= 4 is 10.0 Å². The summed E-state index contributed by atoms with van der Waals surface area (Å²) in [5.41, 5.74) is 5.28. The zero-order valence-corrected chi connectivity index (χ0v) is 10.8. The highest BCUT2D eigenvalue weighted by Gasteiger charge is 2.37. The summed E-state index contributed by atoms with van der Waals surface area (Å²) < 4.78 is 31.6. The third-order valence-corrected chi connectivity index (χ3v) is 5.15. The minimum absolute atomic E-state index is 0.204. The van der Waals surface area contributed by atoms with Gasteiger partial charge in [-0.3, -0.25) is 0 Å². The SMILES string of the molecule is COCC(C)S(=O)(=O)NC1(CN)CCCC1. The molecule has 0 aromatic rings. The van der Waals surface area contributed by atoms with Gasteiger partial charge in [-0.1, -0.05) is 12.8 Å². The molecule has 0 aromatic heterocycles. The van der Waals surface area contributed by atoms with Gasteiger partial charge in [0.05, 0.1) is 11.9 Å². The molecule has 6 heteroatoms. The van der Waals surface area contributed by atoms with Crippen molar-refractivity contribution in [2.24, 2.45) is 5.73 Å². The average Bonchev–Trinajstić information content (AvgIpc) is 2.67. The van der Waals surface area contributed by atoms with Gasteiger partial charge in [-0.05, 0) is 19.8 Å². The zero-order valence-electron chi connectivity index (χ0n) is 10.0. The van der Waals surface area contributed by atoms with E-state index < -0.39 is 20.8 Å². The lowest BCUT2D eigenvalue weighted by atomic mass is 10.0. The Balaban J connectivity index is 2.70. The van der Waals surface area contributed by atoms with E-state index in [2.05, 4.69) is 4.72 Å². The summed E-state index contributed by atoms with van der Waals surface area (Å²) in [6.45, 7) is 2.22. The highest BCUT2D eigenvalue weighted by atomic mass is 32.2. The van der Waals surface area contributed by atoms with Crippen LogP contribution in [0.3, 0.4) is 0 Å². The molecule has 0 aromatic carbocycles. The molecule has 1 saturated carbocycles. The van der Waals surface area contributed by atoms with Gasteiger partial charge >= 0.3 is 0 Å². The van der Waals surface area contributed by atoms with Gasteiger partial charge in [-0.25, -0.2) is 13.1 Å². The van der Waals surface area contributed by atoms with Crippen molar-refractivity contribution in [1.82, 2.24) is 4.72 Å². The average molecular weight is 250 g/mol. The van der Waals surface area contributed by atoms with Crippen LogP contribution in [0.2, 0.25) is 0 Å². The molecule has 0 saturated heterocycles. The summed E-state index contributed by atoms with van der Waals surface area (Å²) in [5, 5.41) is -0.540. The predicted octanol–water partition coefficient (Wildman–Crippen LogP) is 0.212. The molecule has 16 heavy (non-hydrogen) atoms. The molecule has 96 valence electrons. The summed E-state index contributed by atoms with van der Waals surface area (Å²) in [6.07, 6.45) is 3.75. The number of sulfonamides is 1. The van der Waals surface area contributed by atoms with Gasteiger partial charge in [0.25, 0.3) is 0 Å².